The molecule has 0 amide bonds. The molecule has 1 heterocycles. The van der Waals surface area contributed by atoms with E-state index in [9.17, 15) is 13.2 Å². The van der Waals surface area contributed by atoms with Crippen LogP contribution in [0.5, 0.6) is 23.0 Å². The van der Waals surface area contributed by atoms with Crippen LogP contribution < -0.4 is 24.5 Å². The van der Waals surface area contributed by atoms with Crippen LogP contribution >= 0.6 is 0 Å². The zero-order chi connectivity index (χ0) is 27.7. The maximum Gasteiger partial charge on any atom is 0.263 e. The number of rotatable bonds is 8. The lowest BCUT2D eigenvalue weighted by molar-refractivity contribution is 0.355. The Bertz CT molecular complexity index is 1860. The number of nitrogens with zero attached hydrogens (tertiary/aromatic N) is 1. The summed E-state index contributed by atoms with van der Waals surface area (Å²) in [4.78, 5) is 14.5. The second kappa shape index (κ2) is 10.3. The van der Waals surface area contributed by atoms with Crippen LogP contribution in [0.3, 0.4) is 0 Å². The molecular formula is C30H27NO7S. The van der Waals surface area contributed by atoms with Crippen molar-refractivity contribution in [3.8, 4) is 23.0 Å². The zero-order valence-corrected chi connectivity index (χ0v) is 22.7. The minimum absolute atomic E-state index is 0.0244. The first-order valence-corrected chi connectivity index (χ1v) is 13.5. The van der Waals surface area contributed by atoms with Crippen molar-refractivity contribution in [1.29, 1.82) is 0 Å². The van der Waals surface area contributed by atoms with Gasteiger partial charge < -0.3 is 23.5 Å². The third kappa shape index (κ3) is 4.34. The Hall–Kier alpha value is -4.50. The van der Waals surface area contributed by atoms with Crippen LogP contribution in [0.4, 0.5) is 0 Å². The molecular weight excluding hydrogens is 518 g/mol. The van der Waals surface area contributed by atoms with Crippen LogP contribution in [0.25, 0.3) is 21.7 Å². The van der Waals surface area contributed by atoms with Gasteiger partial charge in [0.05, 0.1) is 55.7 Å². The highest BCUT2D eigenvalue weighted by molar-refractivity contribution is 7.91. The predicted molar refractivity (Wildman–Crippen MR) is 149 cm³/mol. The van der Waals surface area contributed by atoms with Gasteiger partial charge in [0.25, 0.3) is 5.56 Å². The highest BCUT2D eigenvalue weighted by atomic mass is 32.2. The molecule has 0 N–H and O–H groups in total. The molecule has 0 saturated carbocycles. The Morgan fingerprint density at radius 3 is 2.00 bits per heavy atom. The molecule has 0 saturated heterocycles. The molecule has 0 fully saturated rings. The largest absolute Gasteiger partial charge is 0.493 e. The summed E-state index contributed by atoms with van der Waals surface area (Å²) in [5.41, 5.74) is 0.636. The quantitative estimate of drug-likeness (QED) is 0.251. The topological polar surface area (TPSA) is 93.1 Å². The van der Waals surface area contributed by atoms with Crippen LogP contribution in [-0.4, -0.2) is 41.4 Å². The van der Waals surface area contributed by atoms with E-state index in [0.29, 0.717) is 44.5 Å². The van der Waals surface area contributed by atoms with Gasteiger partial charge in [0.1, 0.15) is 0 Å². The van der Waals surface area contributed by atoms with Crippen molar-refractivity contribution < 1.29 is 27.4 Å². The van der Waals surface area contributed by atoms with Crippen molar-refractivity contribution in [2.45, 2.75) is 16.3 Å². The van der Waals surface area contributed by atoms with Gasteiger partial charge in [0.2, 0.25) is 9.84 Å². The maximum atomic E-state index is 14.2. The van der Waals surface area contributed by atoms with E-state index in [1.807, 2.05) is 0 Å². The zero-order valence-electron chi connectivity index (χ0n) is 21.9. The number of hydrogen-bond donors (Lipinski definition) is 0. The molecule has 0 aliphatic heterocycles. The van der Waals surface area contributed by atoms with Crippen LogP contribution in [0, 0.1) is 0 Å². The average Bonchev–Trinajstić information content (AvgIpc) is 2.98. The molecule has 8 nitrogen and oxygen atoms in total. The Balaban J connectivity index is 1.85. The Kier molecular flexibility index (Phi) is 6.93. The van der Waals surface area contributed by atoms with Gasteiger partial charge in [0, 0.05) is 16.8 Å². The molecule has 0 atom stereocenters. The minimum atomic E-state index is -3.85. The number of sulfone groups is 1. The summed E-state index contributed by atoms with van der Waals surface area (Å²) in [6.07, 6.45) is 0. The summed E-state index contributed by atoms with van der Waals surface area (Å²) < 4.78 is 50.9. The monoisotopic (exact) mass is 545 g/mol. The van der Waals surface area contributed by atoms with Crippen molar-refractivity contribution in [2.75, 3.05) is 28.4 Å². The van der Waals surface area contributed by atoms with E-state index in [1.54, 1.807) is 78.9 Å². The smallest absolute Gasteiger partial charge is 0.263 e. The van der Waals surface area contributed by atoms with Gasteiger partial charge in [-0.25, -0.2) is 8.42 Å². The molecule has 0 aliphatic rings. The number of methoxy groups -OCH3 is 4. The lowest BCUT2D eigenvalue weighted by Gasteiger charge is -2.19. The van der Waals surface area contributed by atoms with E-state index in [-0.39, 0.29) is 27.6 Å². The van der Waals surface area contributed by atoms with Gasteiger partial charge in [-0.15, -0.1) is 0 Å². The van der Waals surface area contributed by atoms with Crippen molar-refractivity contribution >= 4 is 31.5 Å². The van der Waals surface area contributed by atoms with Crippen molar-refractivity contribution in [3.05, 3.63) is 94.8 Å². The molecule has 0 radical (unpaired) electrons. The van der Waals surface area contributed by atoms with E-state index in [4.69, 9.17) is 18.9 Å². The Labute approximate surface area is 225 Å². The van der Waals surface area contributed by atoms with Crippen LogP contribution in [-0.2, 0) is 16.4 Å². The van der Waals surface area contributed by atoms with Gasteiger partial charge >= 0.3 is 0 Å². The van der Waals surface area contributed by atoms with Crippen LogP contribution in [0.15, 0.2) is 93.4 Å². The molecule has 200 valence electrons. The summed E-state index contributed by atoms with van der Waals surface area (Å²) in [5.74, 6) is 1.61. The molecule has 39 heavy (non-hydrogen) atoms. The fourth-order valence-corrected chi connectivity index (χ4v) is 6.37. The lowest BCUT2D eigenvalue weighted by atomic mass is 10.0. The normalized spacial score (nSPS) is 11.5. The predicted octanol–water partition coefficient (Wildman–Crippen LogP) is 5.07. The highest BCUT2D eigenvalue weighted by Crippen LogP contribution is 2.40. The number of benzene rings is 4. The fraction of sp³-hybridized carbons (Fsp3) is 0.167. The molecule has 5 rings (SSSR count). The van der Waals surface area contributed by atoms with E-state index in [2.05, 4.69) is 0 Å². The first-order chi connectivity index (χ1) is 18.8. The van der Waals surface area contributed by atoms with Crippen molar-refractivity contribution in [2.24, 2.45) is 0 Å². The minimum Gasteiger partial charge on any atom is -0.493 e. The van der Waals surface area contributed by atoms with Crippen LogP contribution in [0.2, 0.25) is 0 Å². The van der Waals surface area contributed by atoms with Gasteiger partial charge in [-0.05, 0) is 42.0 Å². The number of pyridine rings is 1. The molecule has 0 unspecified atom stereocenters. The molecule has 1 aromatic heterocycles. The molecule has 0 spiro atoms. The molecule has 0 bridgehead atoms. The number of hydrogen-bond acceptors (Lipinski definition) is 7. The van der Waals surface area contributed by atoms with Gasteiger partial charge in [0.15, 0.2) is 23.0 Å². The molecule has 4 aromatic carbocycles. The first kappa shape index (κ1) is 26.1. The third-order valence-corrected chi connectivity index (χ3v) is 8.60. The first-order valence-electron chi connectivity index (χ1n) is 12.1. The highest BCUT2D eigenvalue weighted by Gasteiger charge is 2.24. The summed E-state index contributed by atoms with van der Waals surface area (Å²) in [5, 5.41) is 1.64. The van der Waals surface area contributed by atoms with E-state index >= 15 is 0 Å². The summed E-state index contributed by atoms with van der Waals surface area (Å²) >= 11 is 0. The second-order valence-electron chi connectivity index (χ2n) is 8.76. The number of fused-ring (bicyclic) bond motifs is 3. The Morgan fingerprint density at radius 2 is 1.33 bits per heavy atom. The summed E-state index contributed by atoms with van der Waals surface area (Å²) in [6.45, 7) is -0.0244. The van der Waals surface area contributed by atoms with Crippen molar-refractivity contribution in [1.82, 2.24) is 4.57 Å². The molecule has 0 aliphatic carbocycles. The second-order valence-corrected chi connectivity index (χ2v) is 10.7. The third-order valence-electron chi connectivity index (χ3n) is 6.73. The standard InChI is InChI=1S/C30H27NO7S/c1-35-24-15-14-21-22-16-25(36-2)26(37-3)17-23(22)31(30(32)28(21)29(24)38-4)18-19-10-8-9-13-27(19)39(33,34)20-11-6-5-7-12-20/h5-17H,18H2,1-4H3. The van der Waals surface area contributed by atoms with E-state index in [0.717, 1.165) is 0 Å². The van der Waals surface area contributed by atoms with Gasteiger partial charge in [-0.2, -0.15) is 0 Å². The van der Waals surface area contributed by atoms with E-state index in [1.165, 1.54) is 33.0 Å². The number of ether oxygens (including phenoxy) is 4. The van der Waals surface area contributed by atoms with Crippen LogP contribution in [0.1, 0.15) is 5.56 Å². The van der Waals surface area contributed by atoms with Gasteiger partial charge in [-0.3, -0.25) is 4.79 Å². The SMILES string of the molecule is COc1cc2c3ccc(OC)c(OC)c3c(=O)n(Cc3ccccc3S(=O)(=O)c3ccccc3)c2cc1OC. The average molecular weight is 546 g/mol. The summed E-state index contributed by atoms with van der Waals surface area (Å²) in [7, 11) is 2.18. The molecule has 5 aromatic rings. The van der Waals surface area contributed by atoms with Gasteiger partial charge in [-0.1, -0.05) is 36.4 Å². The number of aromatic nitrogens is 1. The lowest BCUT2D eigenvalue weighted by Crippen LogP contribution is -2.23. The maximum absolute atomic E-state index is 14.2. The van der Waals surface area contributed by atoms with Crippen molar-refractivity contribution in [3.63, 3.8) is 0 Å². The summed E-state index contributed by atoms with van der Waals surface area (Å²) in [6, 6.07) is 22.0. The Morgan fingerprint density at radius 1 is 0.692 bits per heavy atom. The molecule has 9 heteroatoms. The van der Waals surface area contributed by atoms with E-state index < -0.39 is 9.84 Å². The fourth-order valence-electron chi connectivity index (χ4n) is 4.87.